The van der Waals surface area contributed by atoms with Gasteiger partial charge in [-0.25, -0.2) is 28.1 Å². The number of Topliss-reactive ketones (excluding diaryl/α,β-unsaturated/α-hetero) is 3. The Morgan fingerprint density at radius 3 is 0.889 bits per heavy atom. The van der Waals surface area contributed by atoms with E-state index in [1.807, 2.05) is 0 Å². The van der Waals surface area contributed by atoms with E-state index in [1.165, 1.54) is 20.8 Å². The largest absolute Gasteiger partial charge is 0.465 e. The molecule has 0 saturated heterocycles. The smallest absolute Gasteiger partial charge is 0.336 e. The molecule has 15 nitrogen and oxygen atoms in total. The van der Waals surface area contributed by atoms with Gasteiger partial charge in [-0.05, 0) is 37.5 Å². The van der Waals surface area contributed by atoms with Crippen LogP contribution in [0.25, 0.3) is 0 Å². The van der Waals surface area contributed by atoms with E-state index in [0.717, 1.165) is 0 Å². The summed E-state index contributed by atoms with van der Waals surface area (Å²) in [4.78, 5) is 111. The van der Waals surface area contributed by atoms with Crippen molar-refractivity contribution in [1.82, 2.24) is 13.7 Å². The maximum Gasteiger partial charge on any atom is 0.336 e. The van der Waals surface area contributed by atoms with Crippen LogP contribution in [0.3, 0.4) is 0 Å². The second-order valence-corrected chi connectivity index (χ2v) is 10.1. The fourth-order valence-electron chi connectivity index (χ4n) is 3.50. The molecule has 15 heteroatoms. The van der Waals surface area contributed by atoms with E-state index in [-0.39, 0.29) is 73.2 Å². The third-order valence-electron chi connectivity index (χ3n) is 6.21. The first-order valence-electron chi connectivity index (χ1n) is 14.0. The van der Waals surface area contributed by atoms with Crippen molar-refractivity contribution in [1.29, 1.82) is 0 Å². The summed E-state index contributed by atoms with van der Waals surface area (Å²) >= 11 is 0. The molecule has 0 radical (unpaired) electrons. The van der Waals surface area contributed by atoms with Crippen LogP contribution < -0.4 is 17.1 Å². The topological polar surface area (TPSA) is 196 Å². The zero-order valence-electron chi connectivity index (χ0n) is 25.8. The molecule has 0 fully saturated rings. The molecule has 0 aromatic carbocycles. The van der Waals surface area contributed by atoms with Crippen LogP contribution in [0.2, 0.25) is 0 Å². The normalized spacial score (nSPS) is 10.5. The number of rotatable bonds is 21. The van der Waals surface area contributed by atoms with Crippen LogP contribution in [0.4, 0.5) is 0 Å². The highest BCUT2D eigenvalue weighted by Crippen LogP contribution is 2.00. The number of hydrogen-bond acceptors (Lipinski definition) is 12. The first kappa shape index (κ1) is 38.1. The summed E-state index contributed by atoms with van der Waals surface area (Å²) in [5.74, 6) is -3.43. The summed E-state index contributed by atoms with van der Waals surface area (Å²) in [6.07, 6.45) is -1.75. The van der Waals surface area contributed by atoms with E-state index in [4.69, 9.17) is 14.2 Å². The maximum atomic E-state index is 13.1. The van der Waals surface area contributed by atoms with Crippen molar-refractivity contribution in [3.05, 3.63) is 67.9 Å². The van der Waals surface area contributed by atoms with Gasteiger partial charge in [0, 0.05) is 38.9 Å². The van der Waals surface area contributed by atoms with Crippen LogP contribution in [-0.2, 0) is 62.6 Å². The van der Waals surface area contributed by atoms with Crippen LogP contribution in [-0.4, -0.2) is 68.8 Å². The Hall–Kier alpha value is -4.95. The van der Waals surface area contributed by atoms with Crippen molar-refractivity contribution >= 4 is 35.3 Å². The van der Waals surface area contributed by atoms with Crippen LogP contribution in [0.1, 0.15) is 59.3 Å². The lowest BCUT2D eigenvalue weighted by atomic mass is 10.2. The Balaban J connectivity index is 3.12. The van der Waals surface area contributed by atoms with Gasteiger partial charge in [0.2, 0.25) is 0 Å². The van der Waals surface area contributed by atoms with Crippen LogP contribution in [0, 0.1) is 0 Å². The Kier molecular flexibility index (Phi) is 15.8. The molecule has 0 saturated carbocycles. The predicted molar refractivity (Wildman–Crippen MR) is 159 cm³/mol. The van der Waals surface area contributed by atoms with Crippen LogP contribution in [0.5, 0.6) is 0 Å². The molecule has 246 valence electrons. The average molecular weight is 634 g/mol. The number of aromatic nitrogens is 3. The fourth-order valence-corrected chi connectivity index (χ4v) is 3.50. The molecule has 0 spiro atoms. The SMILES string of the molecule is C=C(C)C(=O)CCOC(=O)CCn1c(=O)n(CCC(=O)OCCC(=O)C(=C)C)c(=O)n(CCC(=O)OCCC(=O)C(=C)C)c1=O. The minimum atomic E-state index is -1.13. The summed E-state index contributed by atoms with van der Waals surface area (Å²) < 4.78 is 16.6. The van der Waals surface area contributed by atoms with Crippen molar-refractivity contribution < 1.29 is 43.0 Å². The number of carbonyl (C=O) groups excluding carboxylic acids is 6. The lowest BCUT2D eigenvalue weighted by molar-refractivity contribution is -0.145. The van der Waals surface area contributed by atoms with Gasteiger partial charge in [0.15, 0.2) is 17.3 Å². The Morgan fingerprint density at radius 2 is 0.689 bits per heavy atom. The molecule has 0 N–H and O–H groups in total. The zero-order valence-corrected chi connectivity index (χ0v) is 25.8. The number of nitrogens with zero attached hydrogens (tertiary/aromatic N) is 3. The van der Waals surface area contributed by atoms with Gasteiger partial charge in [-0.3, -0.25) is 28.8 Å². The molecule has 0 aliphatic rings. The van der Waals surface area contributed by atoms with Crippen molar-refractivity contribution in [3.8, 4) is 0 Å². The predicted octanol–water partition coefficient (Wildman–Crippen LogP) is 0.578. The second kappa shape index (κ2) is 18.7. The lowest BCUT2D eigenvalue weighted by Crippen LogP contribution is -2.55. The molecule has 0 bridgehead atoms. The third kappa shape index (κ3) is 13.1. The molecule has 0 unspecified atom stereocenters. The van der Waals surface area contributed by atoms with Gasteiger partial charge in [0.25, 0.3) is 0 Å². The van der Waals surface area contributed by atoms with Crippen molar-refractivity contribution in [2.24, 2.45) is 0 Å². The Bertz CT molecular complexity index is 1330. The first-order valence-corrected chi connectivity index (χ1v) is 14.0. The fraction of sp³-hybridized carbons (Fsp3) is 0.500. The van der Waals surface area contributed by atoms with Gasteiger partial charge in [-0.2, -0.15) is 0 Å². The number of carbonyl (C=O) groups is 6. The van der Waals surface area contributed by atoms with E-state index >= 15 is 0 Å². The standard InChI is InChI=1S/C30H39N3O12/c1-19(2)22(34)10-16-43-25(37)7-13-31-28(40)32(14-8-26(38)44-17-11-23(35)20(3)4)30(42)33(29(31)41)15-9-27(39)45-18-12-24(36)21(5)6/h1,3,5,7-18H2,2,4,6H3. The highest BCUT2D eigenvalue weighted by molar-refractivity contribution is 5.95. The third-order valence-corrected chi connectivity index (χ3v) is 6.21. The van der Waals surface area contributed by atoms with Gasteiger partial charge < -0.3 is 14.2 Å². The molecular weight excluding hydrogens is 594 g/mol. The molecule has 0 amide bonds. The molecule has 1 heterocycles. The van der Waals surface area contributed by atoms with Gasteiger partial charge in [0.1, 0.15) is 0 Å². The van der Waals surface area contributed by atoms with Gasteiger partial charge in [-0.15, -0.1) is 0 Å². The van der Waals surface area contributed by atoms with Gasteiger partial charge in [-0.1, -0.05) is 19.7 Å². The number of esters is 3. The maximum absolute atomic E-state index is 13.1. The Morgan fingerprint density at radius 1 is 0.467 bits per heavy atom. The summed E-state index contributed by atoms with van der Waals surface area (Å²) in [5.41, 5.74) is -2.52. The van der Waals surface area contributed by atoms with E-state index in [2.05, 4.69) is 19.7 Å². The number of hydrogen-bond donors (Lipinski definition) is 0. The minimum absolute atomic E-state index is 0.104. The molecule has 1 aromatic heterocycles. The quantitative estimate of drug-likeness (QED) is 0.104. The van der Waals surface area contributed by atoms with Crippen molar-refractivity contribution in [2.75, 3.05) is 19.8 Å². The molecule has 45 heavy (non-hydrogen) atoms. The molecule has 1 aromatic rings. The molecule has 0 aliphatic heterocycles. The first-order chi connectivity index (χ1) is 21.1. The van der Waals surface area contributed by atoms with Gasteiger partial charge in [0.05, 0.1) is 39.1 Å². The highest BCUT2D eigenvalue weighted by atomic mass is 16.5. The van der Waals surface area contributed by atoms with E-state index in [9.17, 15) is 43.2 Å². The summed E-state index contributed by atoms with van der Waals surface area (Å²) in [6, 6.07) is 0. The van der Waals surface area contributed by atoms with Crippen molar-refractivity contribution in [3.63, 3.8) is 0 Å². The van der Waals surface area contributed by atoms with Crippen molar-refractivity contribution in [2.45, 2.75) is 78.9 Å². The lowest BCUT2D eigenvalue weighted by Gasteiger charge is -2.14. The number of allylic oxidation sites excluding steroid dienone is 3. The second-order valence-electron chi connectivity index (χ2n) is 10.1. The van der Waals surface area contributed by atoms with Crippen LogP contribution in [0.15, 0.2) is 50.8 Å². The molecular formula is C30H39N3O12. The summed E-state index contributed by atoms with van der Waals surface area (Å²) in [6.45, 7) is 12.7. The molecule has 0 aliphatic carbocycles. The number of ketones is 3. The molecule has 1 rings (SSSR count). The highest BCUT2D eigenvalue weighted by Gasteiger charge is 2.19. The van der Waals surface area contributed by atoms with Crippen LogP contribution >= 0.6 is 0 Å². The summed E-state index contributed by atoms with van der Waals surface area (Å²) in [7, 11) is 0. The summed E-state index contributed by atoms with van der Waals surface area (Å²) in [5, 5.41) is 0. The number of ether oxygens (including phenoxy) is 3. The van der Waals surface area contributed by atoms with Gasteiger partial charge >= 0.3 is 35.0 Å². The zero-order chi connectivity index (χ0) is 34.3. The Labute approximate surface area is 258 Å². The van der Waals surface area contributed by atoms with E-state index < -0.39 is 73.9 Å². The minimum Gasteiger partial charge on any atom is -0.465 e. The van der Waals surface area contributed by atoms with E-state index in [0.29, 0.717) is 13.7 Å². The average Bonchev–Trinajstić information content (AvgIpc) is 2.96. The monoisotopic (exact) mass is 633 g/mol. The van der Waals surface area contributed by atoms with E-state index in [1.54, 1.807) is 0 Å². The molecule has 0 atom stereocenters.